The summed E-state index contributed by atoms with van der Waals surface area (Å²) in [4.78, 5) is 41.6. The molecule has 3 amide bonds. The fourth-order valence-corrected chi connectivity index (χ4v) is 8.99. The number of carbonyl (C=O) groups excluding carboxylic acids is 3. The molecule has 2 heterocycles. The topological polar surface area (TPSA) is 124 Å². The number of halogens is 4. The van der Waals surface area contributed by atoms with E-state index in [4.69, 9.17) is 5.73 Å². The Balaban J connectivity index is 0.000000189. The normalized spacial score (nSPS) is 19.3. The first kappa shape index (κ1) is 44.4. The van der Waals surface area contributed by atoms with Crippen LogP contribution >= 0.6 is 0 Å². The van der Waals surface area contributed by atoms with Crippen LogP contribution in [0.3, 0.4) is 0 Å². The first-order chi connectivity index (χ1) is 30.3. The molecule has 2 saturated heterocycles. The molecule has 4 N–H and O–H groups in total. The van der Waals surface area contributed by atoms with Gasteiger partial charge in [-0.3, -0.25) is 14.4 Å². The summed E-state index contributed by atoms with van der Waals surface area (Å²) in [6.45, 7) is 0.454. The molecule has 324 valence electrons. The average Bonchev–Trinajstić information content (AvgIpc) is 3.27. The Hall–Kier alpha value is -6.63. The number of amides is 3. The maximum Gasteiger partial charge on any atom is 0.227 e. The molecule has 3 atom stereocenters. The summed E-state index contributed by atoms with van der Waals surface area (Å²) in [5, 5.41) is 19.6. The largest absolute Gasteiger partial charge is 0.394 e. The predicted octanol–water partition coefficient (Wildman–Crippen LogP) is 9.01. The Morgan fingerprint density at radius 1 is 0.603 bits per heavy atom. The molecular weight excluding hydrogens is 811 g/mol. The van der Waals surface area contributed by atoms with Gasteiger partial charge in [0.1, 0.15) is 23.3 Å². The average molecular weight is 858 g/mol. The molecule has 2 fully saturated rings. The molecular formula is C51H47F4N3O5. The number of primary amides is 1. The van der Waals surface area contributed by atoms with Crippen molar-refractivity contribution in [1.82, 2.24) is 0 Å². The quantitative estimate of drug-likeness (QED) is 0.112. The van der Waals surface area contributed by atoms with Crippen molar-refractivity contribution in [1.29, 1.82) is 0 Å². The Morgan fingerprint density at radius 3 is 1.48 bits per heavy atom. The number of benzene rings is 6. The molecule has 0 spiro atoms. The second-order valence-electron chi connectivity index (χ2n) is 16.3. The van der Waals surface area contributed by atoms with Crippen molar-refractivity contribution in [3.63, 3.8) is 0 Å². The van der Waals surface area contributed by atoms with Crippen molar-refractivity contribution in [2.75, 3.05) is 29.5 Å². The highest BCUT2D eigenvalue weighted by atomic mass is 19.1. The van der Waals surface area contributed by atoms with Crippen LogP contribution in [0.4, 0.5) is 28.9 Å². The number of piperidine rings is 2. The number of aliphatic hydroxyl groups is 2. The van der Waals surface area contributed by atoms with Crippen LogP contribution in [0.15, 0.2) is 146 Å². The van der Waals surface area contributed by atoms with E-state index in [9.17, 15) is 42.2 Å². The van der Waals surface area contributed by atoms with Crippen LogP contribution in [0.25, 0.3) is 22.3 Å². The van der Waals surface area contributed by atoms with Crippen LogP contribution in [0.1, 0.15) is 49.7 Å². The lowest BCUT2D eigenvalue weighted by Gasteiger charge is -2.42. The molecule has 0 aromatic heterocycles. The van der Waals surface area contributed by atoms with Crippen LogP contribution < -0.4 is 15.5 Å². The summed E-state index contributed by atoms with van der Waals surface area (Å²) in [5.74, 6) is -3.29. The Morgan fingerprint density at radius 2 is 1.05 bits per heavy atom. The Labute approximate surface area is 363 Å². The molecule has 3 unspecified atom stereocenters. The maximum atomic E-state index is 14.3. The van der Waals surface area contributed by atoms with E-state index >= 15 is 0 Å². The summed E-state index contributed by atoms with van der Waals surface area (Å²) >= 11 is 0. The third-order valence-electron chi connectivity index (χ3n) is 12.1. The summed E-state index contributed by atoms with van der Waals surface area (Å²) in [5.41, 5.74) is 9.11. The minimum absolute atomic E-state index is 0.0947. The third-order valence-corrected chi connectivity index (χ3v) is 12.1. The van der Waals surface area contributed by atoms with Crippen molar-refractivity contribution in [2.45, 2.75) is 55.5 Å². The van der Waals surface area contributed by atoms with E-state index in [1.807, 2.05) is 60.7 Å². The molecule has 2 aliphatic heterocycles. The first-order valence-electron chi connectivity index (χ1n) is 20.7. The molecule has 63 heavy (non-hydrogen) atoms. The van der Waals surface area contributed by atoms with Gasteiger partial charge in [0.25, 0.3) is 0 Å². The van der Waals surface area contributed by atoms with Crippen molar-refractivity contribution >= 4 is 29.1 Å². The van der Waals surface area contributed by atoms with E-state index < -0.39 is 46.1 Å². The summed E-state index contributed by atoms with van der Waals surface area (Å²) in [6, 6.07) is 39.9. The summed E-state index contributed by atoms with van der Waals surface area (Å²) < 4.78 is 55.0. The van der Waals surface area contributed by atoms with Crippen LogP contribution in [0, 0.1) is 23.3 Å². The van der Waals surface area contributed by atoms with Gasteiger partial charge in [0.05, 0.1) is 12.7 Å². The number of rotatable bonds is 11. The van der Waals surface area contributed by atoms with Crippen LogP contribution in [-0.2, 0) is 25.2 Å². The third kappa shape index (κ3) is 10.0. The Kier molecular flexibility index (Phi) is 13.5. The lowest BCUT2D eigenvalue weighted by molar-refractivity contribution is -0.124. The van der Waals surface area contributed by atoms with Gasteiger partial charge < -0.3 is 25.7 Å². The van der Waals surface area contributed by atoms with E-state index in [0.717, 1.165) is 23.3 Å². The van der Waals surface area contributed by atoms with E-state index in [-0.39, 0.29) is 55.2 Å². The van der Waals surface area contributed by atoms with Crippen molar-refractivity contribution < 1.29 is 42.2 Å². The highest BCUT2D eigenvalue weighted by molar-refractivity contribution is 5.97. The molecule has 12 heteroatoms. The molecule has 8 nitrogen and oxygen atoms in total. The molecule has 0 radical (unpaired) electrons. The van der Waals surface area contributed by atoms with E-state index in [1.54, 1.807) is 58.3 Å². The van der Waals surface area contributed by atoms with Gasteiger partial charge in [0.2, 0.25) is 17.7 Å². The van der Waals surface area contributed by atoms with E-state index in [2.05, 4.69) is 0 Å². The highest BCUT2D eigenvalue weighted by Crippen LogP contribution is 2.43. The van der Waals surface area contributed by atoms with Gasteiger partial charge in [-0.25, -0.2) is 17.6 Å². The smallest absolute Gasteiger partial charge is 0.227 e. The summed E-state index contributed by atoms with van der Waals surface area (Å²) in [7, 11) is 0. The van der Waals surface area contributed by atoms with Crippen molar-refractivity contribution in [3.8, 4) is 22.3 Å². The number of aliphatic hydroxyl groups excluding tert-OH is 2. The second-order valence-corrected chi connectivity index (χ2v) is 16.3. The zero-order valence-corrected chi connectivity index (χ0v) is 34.4. The number of carbonyl (C=O) groups is 3. The molecule has 8 rings (SSSR count). The SMILES string of the molecule is NC(=O)CC1(c2ccccc2)CCN(c2cccc(-c3ccc(F)cc3F)c2)C(=O)C1.O=C1CC(CC(O)CO)(c2ccccc2)CCN1c1cccc(-c2ccc(F)cc2F)c1. The van der Waals surface area contributed by atoms with E-state index in [1.165, 1.54) is 24.3 Å². The zero-order valence-electron chi connectivity index (χ0n) is 34.4. The van der Waals surface area contributed by atoms with Gasteiger partial charge in [-0.15, -0.1) is 0 Å². The fourth-order valence-electron chi connectivity index (χ4n) is 8.99. The monoisotopic (exact) mass is 857 g/mol. The van der Waals surface area contributed by atoms with E-state index in [0.29, 0.717) is 48.4 Å². The highest BCUT2D eigenvalue weighted by Gasteiger charge is 2.43. The lowest BCUT2D eigenvalue weighted by atomic mass is 9.69. The number of anilines is 2. The molecule has 6 aromatic rings. The van der Waals surface area contributed by atoms with Gasteiger partial charge in [-0.1, -0.05) is 84.9 Å². The lowest BCUT2D eigenvalue weighted by Crippen LogP contribution is -2.48. The summed E-state index contributed by atoms with van der Waals surface area (Å²) in [6.07, 6.45) is 0.971. The minimum atomic E-state index is -0.917. The van der Waals surface area contributed by atoms with Gasteiger partial charge >= 0.3 is 0 Å². The minimum Gasteiger partial charge on any atom is -0.394 e. The first-order valence-corrected chi connectivity index (χ1v) is 20.7. The number of nitrogens with two attached hydrogens (primary N) is 1. The maximum absolute atomic E-state index is 14.3. The number of hydrogen-bond acceptors (Lipinski definition) is 5. The van der Waals surface area contributed by atoms with Crippen molar-refractivity contribution in [3.05, 3.63) is 180 Å². The fraction of sp³-hybridized carbons (Fsp3) is 0.235. The van der Waals surface area contributed by atoms with Gasteiger partial charge in [0, 0.05) is 77.8 Å². The molecule has 0 aliphatic carbocycles. The standard InChI is InChI=1S/C26H25F2NO3.C25H22F2N2O2/c27-20-9-10-23(24(28)14-20)18-5-4-8-21(13-18)29-12-11-26(16-25(29)32,15-22(31)17-30)19-6-2-1-3-7-19;26-19-9-10-21(22(27)14-19)17-5-4-8-20(13-17)29-12-11-25(15-23(28)30,16-24(29)31)18-6-2-1-3-7-18/h1-10,13-14,22,30-31H,11-12,15-17H2;1-10,13-14H,11-12,15-16H2,(H2,28,30). The van der Waals surface area contributed by atoms with Crippen LogP contribution in [0.5, 0.6) is 0 Å². The van der Waals surface area contributed by atoms with Gasteiger partial charge in [-0.2, -0.15) is 0 Å². The van der Waals surface area contributed by atoms with Gasteiger partial charge in [-0.05, 0) is 90.0 Å². The molecule has 0 bridgehead atoms. The molecule has 0 saturated carbocycles. The van der Waals surface area contributed by atoms with Gasteiger partial charge in [0.15, 0.2) is 0 Å². The van der Waals surface area contributed by atoms with Crippen LogP contribution in [0.2, 0.25) is 0 Å². The van der Waals surface area contributed by atoms with Crippen molar-refractivity contribution in [2.24, 2.45) is 5.73 Å². The Bertz CT molecular complexity index is 2600. The molecule has 6 aromatic carbocycles. The predicted molar refractivity (Wildman–Crippen MR) is 235 cm³/mol. The second kappa shape index (κ2) is 19.2. The molecule has 2 aliphatic rings. The van der Waals surface area contributed by atoms with Crippen LogP contribution in [-0.4, -0.2) is 53.7 Å². The number of hydrogen-bond donors (Lipinski definition) is 3. The zero-order chi connectivity index (χ0) is 44.7. The number of nitrogens with zero attached hydrogens (tertiary/aromatic N) is 2.